The minimum atomic E-state index is -2.17. The monoisotopic (exact) mass is 158 g/mol. The topological polar surface area (TPSA) is 125 Å². The van der Waals surface area contributed by atoms with Crippen LogP contribution in [0.5, 0.6) is 0 Å². The molecule has 0 radical (unpaired) electrons. The highest BCUT2D eigenvalue weighted by atomic mass is 16.5. The minimum Gasteiger partial charge on any atom is -0.402 e. The molecular formula is C3H7BN4O3. The van der Waals surface area contributed by atoms with Crippen LogP contribution in [0.4, 0.5) is 5.82 Å². The summed E-state index contributed by atoms with van der Waals surface area (Å²) in [7, 11) is -2.17. The lowest BCUT2D eigenvalue weighted by atomic mass is 10.3. The Balaban J connectivity index is 0.000000218. The van der Waals surface area contributed by atoms with Crippen molar-refractivity contribution in [3.63, 3.8) is 0 Å². The van der Waals surface area contributed by atoms with Gasteiger partial charge in [-0.3, -0.25) is 0 Å². The first kappa shape index (κ1) is 9.75. The van der Waals surface area contributed by atoms with Crippen molar-refractivity contribution in [2.45, 2.75) is 0 Å². The summed E-state index contributed by atoms with van der Waals surface area (Å²) in [6, 6.07) is 1.58. The van der Waals surface area contributed by atoms with Crippen molar-refractivity contribution < 1.29 is 15.1 Å². The van der Waals surface area contributed by atoms with Crippen LogP contribution in [0.2, 0.25) is 0 Å². The molecule has 0 aliphatic heterocycles. The van der Waals surface area contributed by atoms with Gasteiger partial charge in [0, 0.05) is 6.07 Å². The molecule has 0 aromatic carbocycles. The normalized spacial score (nSPS) is 7.91. The fraction of sp³-hybridized carbons (Fsp3) is 0. The van der Waals surface area contributed by atoms with Crippen LogP contribution in [-0.2, 0) is 0 Å². The van der Waals surface area contributed by atoms with Crippen LogP contribution in [0.3, 0.4) is 0 Å². The minimum absolute atomic E-state index is 0.398. The first-order valence-electron chi connectivity index (χ1n) is 2.57. The van der Waals surface area contributed by atoms with Gasteiger partial charge in [0.15, 0.2) is 0 Å². The molecule has 0 bridgehead atoms. The van der Waals surface area contributed by atoms with E-state index in [0.717, 1.165) is 0 Å². The second-order valence-corrected chi connectivity index (χ2v) is 1.39. The van der Waals surface area contributed by atoms with Gasteiger partial charge in [0.2, 0.25) is 0 Å². The number of nitrogens with two attached hydrogens (primary N) is 1. The van der Waals surface area contributed by atoms with Crippen molar-refractivity contribution in [1.82, 2.24) is 15.4 Å². The van der Waals surface area contributed by atoms with E-state index >= 15 is 0 Å². The number of nitrogens with zero attached hydrogens (tertiary/aromatic N) is 3. The van der Waals surface area contributed by atoms with Gasteiger partial charge in [-0.25, -0.2) is 0 Å². The van der Waals surface area contributed by atoms with E-state index in [0.29, 0.717) is 5.82 Å². The average Bonchev–Trinajstić information content (AvgIpc) is 1.87. The molecule has 1 aromatic heterocycles. The van der Waals surface area contributed by atoms with Crippen molar-refractivity contribution in [1.29, 1.82) is 0 Å². The van der Waals surface area contributed by atoms with Crippen LogP contribution in [-0.4, -0.2) is 37.8 Å². The van der Waals surface area contributed by atoms with Crippen LogP contribution in [0.15, 0.2) is 12.3 Å². The molecule has 0 fully saturated rings. The highest BCUT2D eigenvalue weighted by Gasteiger charge is 1.92. The number of nitrogen functional groups attached to an aromatic ring is 1. The number of aromatic nitrogens is 3. The van der Waals surface area contributed by atoms with E-state index in [4.69, 9.17) is 20.8 Å². The summed E-state index contributed by atoms with van der Waals surface area (Å²) < 4.78 is 0. The Hall–Kier alpha value is -1.25. The van der Waals surface area contributed by atoms with Gasteiger partial charge >= 0.3 is 7.32 Å². The summed E-state index contributed by atoms with van der Waals surface area (Å²) in [5, 5.41) is 31.6. The molecule has 1 aromatic rings. The summed E-state index contributed by atoms with van der Waals surface area (Å²) in [5.41, 5.74) is 5.14. The lowest BCUT2D eigenvalue weighted by Gasteiger charge is -1.80. The zero-order valence-corrected chi connectivity index (χ0v) is 5.49. The quantitative estimate of drug-likeness (QED) is 0.305. The van der Waals surface area contributed by atoms with Crippen molar-refractivity contribution in [2.24, 2.45) is 0 Å². The van der Waals surface area contributed by atoms with Crippen molar-refractivity contribution in [3.05, 3.63) is 12.3 Å². The fourth-order valence-corrected chi connectivity index (χ4v) is 0.250. The van der Waals surface area contributed by atoms with Gasteiger partial charge in [0.1, 0.15) is 5.82 Å². The van der Waals surface area contributed by atoms with Crippen molar-refractivity contribution in [3.8, 4) is 0 Å². The predicted octanol–water partition coefficient (Wildman–Crippen LogP) is -2.60. The van der Waals surface area contributed by atoms with E-state index < -0.39 is 7.32 Å². The SMILES string of the molecule is Nc1ccnnn1.OB(O)O. The molecule has 1 rings (SSSR count). The molecule has 5 N–H and O–H groups in total. The first-order valence-corrected chi connectivity index (χ1v) is 2.57. The van der Waals surface area contributed by atoms with Gasteiger partial charge in [-0.15, -0.1) is 10.2 Å². The van der Waals surface area contributed by atoms with E-state index in [9.17, 15) is 0 Å². The fourth-order valence-electron chi connectivity index (χ4n) is 0.250. The highest BCUT2D eigenvalue weighted by molar-refractivity contribution is 6.30. The first-order chi connectivity index (χ1) is 5.13. The summed E-state index contributed by atoms with van der Waals surface area (Å²) in [6.45, 7) is 0. The molecule has 8 heteroatoms. The van der Waals surface area contributed by atoms with Crippen molar-refractivity contribution in [2.75, 3.05) is 5.73 Å². The standard InChI is InChI=1S/C3H4N4.BH3O3/c4-3-1-2-5-7-6-3;2-1(3)4/h1-2H,(H2,4,5,6);2-4H. The molecule has 11 heavy (non-hydrogen) atoms. The second kappa shape index (κ2) is 5.53. The second-order valence-electron chi connectivity index (χ2n) is 1.39. The van der Waals surface area contributed by atoms with E-state index in [1.54, 1.807) is 6.07 Å². The number of anilines is 1. The van der Waals surface area contributed by atoms with Crippen LogP contribution >= 0.6 is 0 Å². The molecule has 0 aliphatic carbocycles. The van der Waals surface area contributed by atoms with Gasteiger partial charge in [0.25, 0.3) is 0 Å². The Labute approximate surface area is 62.7 Å². The Morgan fingerprint density at radius 1 is 1.36 bits per heavy atom. The molecule has 60 valence electrons. The van der Waals surface area contributed by atoms with Gasteiger partial charge in [-0.1, -0.05) is 0 Å². The summed E-state index contributed by atoms with van der Waals surface area (Å²) >= 11 is 0. The van der Waals surface area contributed by atoms with Gasteiger partial charge in [-0.2, -0.15) is 0 Å². The summed E-state index contributed by atoms with van der Waals surface area (Å²) in [4.78, 5) is 0. The van der Waals surface area contributed by atoms with Gasteiger partial charge < -0.3 is 20.8 Å². The number of rotatable bonds is 0. The zero-order chi connectivity index (χ0) is 8.69. The Morgan fingerprint density at radius 3 is 2.09 bits per heavy atom. The Kier molecular flexibility index (Phi) is 4.91. The third kappa shape index (κ3) is 8.75. The highest BCUT2D eigenvalue weighted by Crippen LogP contribution is 1.83. The molecule has 7 nitrogen and oxygen atoms in total. The van der Waals surface area contributed by atoms with Crippen LogP contribution in [0.25, 0.3) is 0 Å². The maximum Gasteiger partial charge on any atom is 0.631 e. The lowest BCUT2D eigenvalue weighted by Crippen LogP contribution is -2.07. The number of hydrogen-bond acceptors (Lipinski definition) is 7. The Morgan fingerprint density at radius 2 is 1.91 bits per heavy atom. The molecule has 1 heterocycles. The molecule has 0 saturated heterocycles. The molecule has 0 spiro atoms. The number of hydrogen-bond donors (Lipinski definition) is 4. The van der Waals surface area contributed by atoms with Crippen molar-refractivity contribution >= 4 is 13.1 Å². The summed E-state index contributed by atoms with van der Waals surface area (Å²) in [6.07, 6.45) is 1.49. The Bertz CT molecular complexity index is 180. The van der Waals surface area contributed by atoms with Gasteiger partial charge in [0.05, 0.1) is 6.20 Å². The molecule has 0 atom stereocenters. The smallest absolute Gasteiger partial charge is 0.402 e. The van der Waals surface area contributed by atoms with E-state index in [-0.39, 0.29) is 0 Å². The lowest BCUT2D eigenvalue weighted by molar-refractivity contribution is 0.278. The predicted molar refractivity (Wildman–Crippen MR) is 36.6 cm³/mol. The molecule has 0 unspecified atom stereocenters. The zero-order valence-electron chi connectivity index (χ0n) is 5.49. The van der Waals surface area contributed by atoms with Gasteiger partial charge in [-0.05, 0) is 5.21 Å². The maximum atomic E-state index is 7.17. The van der Waals surface area contributed by atoms with Crippen LogP contribution < -0.4 is 5.73 Å². The van der Waals surface area contributed by atoms with E-state index in [1.807, 2.05) is 0 Å². The largest absolute Gasteiger partial charge is 0.631 e. The molecule has 0 aliphatic rings. The molecule has 0 saturated carbocycles. The third-order valence-corrected chi connectivity index (χ3v) is 0.524. The van der Waals surface area contributed by atoms with E-state index in [1.165, 1.54) is 6.20 Å². The van der Waals surface area contributed by atoms with Crippen LogP contribution in [0, 0.1) is 0 Å². The molecular weight excluding hydrogens is 151 g/mol. The maximum absolute atomic E-state index is 7.17. The average molecular weight is 158 g/mol. The van der Waals surface area contributed by atoms with E-state index in [2.05, 4.69) is 15.4 Å². The molecule has 0 amide bonds. The van der Waals surface area contributed by atoms with Crippen LogP contribution in [0.1, 0.15) is 0 Å². The third-order valence-electron chi connectivity index (χ3n) is 0.524. The summed E-state index contributed by atoms with van der Waals surface area (Å²) in [5.74, 6) is 0.398.